The molecular formula is C11H19N3O. The van der Waals surface area contributed by atoms with E-state index in [-0.39, 0.29) is 18.2 Å². The minimum Gasteiger partial charge on any atom is -0.391 e. The van der Waals surface area contributed by atoms with Crippen molar-refractivity contribution in [3.05, 3.63) is 17.5 Å². The molecule has 0 aromatic carbocycles. The van der Waals surface area contributed by atoms with Gasteiger partial charge >= 0.3 is 0 Å². The Kier molecular flexibility index (Phi) is 2.80. The van der Waals surface area contributed by atoms with Crippen LogP contribution >= 0.6 is 0 Å². The molecule has 3 N–H and O–H groups in total. The number of rotatable bonds is 2. The summed E-state index contributed by atoms with van der Waals surface area (Å²) >= 11 is 0. The molecule has 4 nitrogen and oxygen atoms in total. The Balaban J connectivity index is 2.29. The van der Waals surface area contributed by atoms with Crippen LogP contribution in [0.5, 0.6) is 0 Å². The van der Waals surface area contributed by atoms with Gasteiger partial charge in [0, 0.05) is 17.3 Å². The van der Waals surface area contributed by atoms with Gasteiger partial charge in [0.05, 0.1) is 18.3 Å². The third kappa shape index (κ3) is 1.79. The molecule has 0 radical (unpaired) electrons. The van der Waals surface area contributed by atoms with E-state index in [2.05, 4.69) is 5.10 Å². The SMILES string of the molecule is Cc1c(C(C)N)cnn1C1CCCC1O. The van der Waals surface area contributed by atoms with Gasteiger partial charge in [0.2, 0.25) is 0 Å². The molecule has 1 aromatic rings. The third-order valence-corrected chi connectivity index (χ3v) is 3.33. The first-order chi connectivity index (χ1) is 7.11. The van der Waals surface area contributed by atoms with Crippen LogP contribution in [-0.2, 0) is 0 Å². The molecule has 3 atom stereocenters. The van der Waals surface area contributed by atoms with Crippen molar-refractivity contribution in [3.8, 4) is 0 Å². The zero-order chi connectivity index (χ0) is 11.0. The fraction of sp³-hybridized carbons (Fsp3) is 0.727. The van der Waals surface area contributed by atoms with Gasteiger partial charge in [0.15, 0.2) is 0 Å². The largest absolute Gasteiger partial charge is 0.391 e. The zero-order valence-electron chi connectivity index (χ0n) is 9.35. The molecule has 0 aliphatic heterocycles. The average molecular weight is 209 g/mol. The quantitative estimate of drug-likeness (QED) is 0.771. The van der Waals surface area contributed by atoms with E-state index in [9.17, 15) is 5.11 Å². The van der Waals surface area contributed by atoms with Gasteiger partial charge in [0.1, 0.15) is 0 Å². The van der Waals surface area contributed by atoms with Crippen molar-refractivity contribution in [2.45, 2.75) is 51.3 Å². The number of aromatic nitrogens is 2. The third-order valence-electron chi connectivity index (χ3n) is 3.33. The van der Waals surface area contributed by atoms with Crippen molar-refractivity contribution < 1.29 is 5.11 Å². The topological polar surface area (TPSA) is 64.1 Å². The molecule has 1 aromatic heterocycles. The minimum atomic E-state index is -0.246. The van der Waals surface area contributed by atoms with E-state index in [1.165, 1.54) is 0 Å². The summed E-state index contributed by atoms with van der Waals surface area (Å²) in [6.07, 6.45) is 4.56. The molecule has 0 bridgehead atoms. The first-order valence-corrected chi connectivity index (χ1v) is 5.59. The maximum Gasteiger partial charge on any atom is 0.0781 e. The highest BCUT2D eigenvalue weighted by Crippen LogP contribution is 2.31. The Bertz CT molecular complexity index is 346. The Labute approximate surface area is 90.1 Å². The van der Waals surface area contributed by atoms with Crippen LogP contribution in [0.2, 0.25) is 0 Å². The van der Waals surface area contributed by atoms with Crippen LogP contribution in [0.1, 0.15) is 49.5 Å². The molecule has 3 unspecified atom stereocenters. The van der Waals surface area contributed by atoms with Crippen LogP contribution in [-0.4, -0.2) is 21.0 Å². The van der Waals surface area contributed by atoms with E-state index >= 15 is 0 Å². The molecule has 0 spiro atoms. The minimum absolute atomic E-state index is 0.0114. The number of aliphatic hydroxyl groups excluding tert-OH is 1. The van der Waals surface area contributed by atoms with Crippen molar-refractivity contribution in [2.75, 3.05) is 0 Å². The van der Waals surface area contributed by atoms with E-state index in [1.54, 1.807) is 0 Å². The van der Waals surface area contributed by atoms with Crippen LogP contribution in [0.3, 0.4) is 0 Å². The first kappa shape index (κ1) is 10.6. The highest BCUT2D eigenvalue weighted by atomic mass is 16.3. The number of nitrogens with zero attached hydrogens (tertiary/aromatic N) is 2. The van der Waals surface area contributed by atoms with Crippen molar-refractivity contribution in [3.63, 3.8) is 0 Å². The van der Waals surface area contributed by atoms with Gasteiger partial charge in [-0.25, -0.2) is 0 Å². The standard InChI is InChI=1S/C11H19N3O/c1-7(12)9-6-13-14(8(9)2)10-4-3-5-11(10)15/h6-7,10-11,15H,3-5,12H2,1-2H3. The molecule has 0 saturated heterocycles. The summed E-state index contributed by atoms with van der Waals surface area (Å²) < 4.78 is 1.94. The lowest BCUT2D eigenvalue weighted by molar-refractivity contribution is 0.129. The Hall–Kier alpha value is -0.870. The summed E-state index contributed by atoms with van der Waals surface area (Å²) in [6, 6.07) is 0.162. The summed E-state index contributed by atoms with van der Waals surface area (Å²) in [6.45, 7) is 3.98. The molecule has 1 heterocycles. The zero-order valence-corrected chi connectivity index (χ0v) is 9.35. The molecule has 15 heavy (non-hydrogen) atoms. The van der Waals surface area contributed by atoms with Gasteiger partial charge in [-0.05, 0) is 33.1 Å². The number of nitrogens with two attached hydrogens (primary N) is 1. The van der Waals surface area contributed by atoms with E-state index in [0.717, 1.165) is 30.5 Å². The van der Waals surface area contributed by atoms with Gasteiger partial charge in [0.25, 0.3) is 0 Å². The van der Waals surface area contributed by atoms with Gasteiger partial charge < -0.3 is 10.8 Å². The Morgan fingerprint density at radius 3 is 2.80 bits per heavy atom. The highest BCUT2D eigenvalue weighted by Gasteiger charge is 2.29. The predicted molar refractivity (Wildman–Crippen MR) is 58.5 cm³/mol. The van der Waals surface area contributed by atoms with E-state index < -0.39 is 0 Å². The number of aliphatic hydroxyl groups is 1. The fourth-order valence-electron chi connectivity index (χ4n) is 2.42. The molecule has 4 heteroatoms. The summed E-state index contributed by atoms with van der Waals surface area (Å²) in [5, 5.41) is 14.2. The second-order valence-electron chi connectivity index (χ2n) is 4.48. The molecule has 2 rings (SSSR count). The second kappa shape index (κ2) is 3.94. The molecule has 1 saturated carbocycles. The van der Waals surface area contributed by atoms with Gasteiger partial charge in [-0.15, -0.1) is 0 Å². The van der Waals surface area contributed by atoms with Crippen molar-refractivity contribution >= 4 is 0 Å². The van der Waals surface area contributed by atoms with Gasteiger partial charge in [-0.1, -0.05) is 0 Å². The number of hydrogen-bond acceptors (Lipinski definition) is 3. The maximum atomic E-state index is 9.82. The Morgan fingerprint density at radius 2 is 2.33 bits per heavy atom. The fourth-order valence-corrected chi connectivity index (χ4v) is 2.42. The van der Waals surface area contributed by atoms with Crippen LogP contribution in [0, 0.1) is 6.92 Å². The van der Waals surface area contributed by atoms with Crippen molar-refractivity contribution in [1.82, 2.24) is 9.78 Å². The molecule has 1 fully saturated rings. The lowest BCUT2D eigenvalue weighted by Crippen LogP contribution is -2.20. The van der Waals surface area contributed by atoms with E-state index in [1.807, 2.05) is 24.7 Å². The summed E-state index contributed by atoms with van der Waals surface area (Å²) in [4.78, 5) is 0. The molecule has 0 amide bonds. The van der Waals surface area contributed by atoms with Crippen LogP contribution in [0.4, 0.5) is 0 Å². The van der Waals surface area contributed by atoms with Crippen molar-refractivity contribution in [2.24, 2.45) is 5.73 Å². The summed E-state index contributed by atoms with van der Waals surface area (Å²) in [5.41, 5.74) is 8.02. The second-order valence-corrected chi connectivity index (χ2v) is 4.48. The molecular weight excluding hydrogens is 190 g/mol. The molecule has 84 valence electrons. The average Bonchev–Trinajstić information content (AvgIpc) is 2.71. The predicted octanol–water partition coefficient (Wildman–Crippen LogP) is 1.30. The lowest BCUT2D eigenvalue weighted by Gasteiger charge is -2.17. The van der Waals surface area contributed by atoms with E-state index in [4.69, 9.17) is 5.73 Å². The smallest absolute Gasteiger partial charge is 0.0781 e. The van der Waals surface area contributed by atoms with Crippen LogP contribution < -0.4 is 5.73 Å². The molecule has 1 aliphatic rings. The normalized spacial score (nSPS) is 28.3. The van der Waals surface area contributed by atoms with Crippen LogP contribution in [0.25, 0.3) is 0 Å². The monoisotopic (exact) mass is 209 g/mol. The van der Waals surface area contributed by atoms with Crippen molar-refractivity contribution in [1.29, 1.82) is 0 Å². The Morgan fingerprint density at radius 1 is 1.60 bits per heavy atom. The van der Waals surface area contributed by atoms with Gasteiger partial charge in [-0.2, -0.15) is 5.10 Å². The first-order valence-electron chi connectivity index (χ1n) is 5.59. The summed E-state index contributed by atoms with van der Waals surface area (Å²) in [7, 11) is 0. The number of hydrogen-bond donors (Lipinski definition) is 2. The van der Waals surface area contributed by atoms with E-state index in [0.29, 0.717) is 0 Å². The maximum absolute atomic E-state index is 9.82. The summed E-state index contributed by atoms with van der Waals surface area (Å²) in [5.74, 6) is 0. The van der Waals surface area contributed by atoms with Crippen LogP contribution in [0.15, 0.2) is 6.20 Å². The molecule has 1 aliphatic carbocycles. The highest BCUT2D eigenvalue weighted by molar-refractivity contribution is 5.20. The lowest BCUT2D eigenvalue weighted by atomic mass is 10.1. The van der Waals surface area contributed by atoms with Gasteiger partial charge in [-0.3, -0.25) is 4.68 Å².